The van der Waals surface area contributed by atoms with Gasteiger partial charge in [0, 0.05) is 16.6 Å². The zero-order valence-electron chi connectivity index (χ0n) is 15.5. The number of nitriles is 1. The predicted molar refractivity (Wildman–Crippen MR) is 110 cm³/mol. The minimum atomic E-state index is -0.843. The van der Waals surface area contributed by atoms with Crippen molar-refractivity contribution in [2.24, 2.45) is 0 Å². The van der Waals surface area contributed by atoms with E-state index in [2.05, 4.69) is 11.4 Å². The van der Waals surface area contributed by atoms with Gasteiger partial charge in [0.05, 0.1) is 6.07 Å². The maximum Gasteiger partial charge on any atom is 0.261 e. The smallest absolute Gasteiger partial charge is 0.261 e. The van der Waals surface area contributed by atoms with Crippen molar-refractivity contribution in [3.63, 3.8) is 0 Å². The fourth-order valence-corrected chi connectivity index (χ4v) is 3.54. The van der Waals surface area contributed by atoms with Crippen LogP contribution in [0.25, 0.3) is 0 Å². The fraction of sp³-hybridized carbons (Fsp3) is 0.286. The van der Waals surface area contributed by atoms with Crippen molar-refractivity contribution < 1.29 is 14.3 Å². The first-order chi connectivity index (χ1) is 14.0. The van der Waals surface area contributed by atoms with Crippen LogP contribution in [0.4, 0.5) is 0 Å². The molecule has 0 saturated carbocycles. The van der Waals surface area contributed by atoms with Gasteiger partial charge in [0.15, 0.2) is 6.61 Å². The summed E-state index contributed by atoms with van der Waals surface area (Å²) >= 11 is 11.8. The highest BCUT2D eigenvalue weighted by atomic mass is 35.5. The molecule has 1 saturated heterocycles. The van der Waals surface area contributed by atoms with Gasteiger partial charge in [-0.05, 0) is 54.8 Å². The van der Waals surface area contributed by atoms with Crippen LogP contribution in [0.3, 0.4) is 0 Å². The third-order valence-corrected chi connectivity index (χ3v) is 5.14. The van der Waals surface area contributed by atoms with Crippen molar-refractivity contribution in [3.05, 3.63) is 64.1 Å². The largest absolute Gasteiger partial charge is 0.484 e. The molecule has 0 aliphatic carbocycles. The zero-order valence-corrected chi connectivity index (χ0v) is 17.0. The van der Waals surface area contributed by atoms with Crippen molar-refractivity contribution in [1.82, 2.24) is 10.2 Å². The van der Waals surface area contributed by atoms with Crippen LogP contribution in [-0.4, -0.2) is 35.9 Å². The molecule has 1 aliphatic heterocycles. The summed E-state index contributed by atoms with van der Waals surface area (Å²) in [5.74, 6) is -0.129. The summed E-state index contributed by atoms with van der Waals surface area (Å²) in [7, 11) is 0. The van der Waals surface area contributed by atoms with Crippen molar-refractivity contribution >= 4 is 35.0 Å². The van der Waals surface area contributed by atoms with Crippen molar-refractivity contribution in [2.45, 2.75) is 24.9 Å². The topological polar surface area (TPSA) is 82.4 Å². The number of nitrogens with zero attached hydrogens (tertiary/aromatic N) is 2. The SMILES string of the molecule is N#CC(NC(=O)[C@@H]1CCCN1C(=O)COc1ccc(Cl)cc1)c1cccc(Cl)c1. The average molecular weight is 432 g/mol. The third-order valence-electron chi connectivity index (χ3n) is 4.65. The lowest BCUT2D eigenvalue weighted by Crippen LogP contribution is -2.48. The van der Waals surface area contributed by atoms with E-state index in [0.29, 0.717) is 40.7 Å². The maximum absolute atomic E-state index is 12.8. The molecule has 2 amide bonds. The number of nitrogens with one attached hydrogen (secondary N) is 1. The van der Waals surface area contributed by atoms with Crippen LogP contribution in [-0.2, 0) is 9.59 Å². The number of hydrogen-bond acceptors (Lipinski definition) is 4. The highest BCUT2D eigenvalue weighted by molar-refractivity contribution is 6.30. The molecule has 150 valence electrons. The molecule has 0 bridgehead atoms. The number of ether oxygens (including phenoxy) is 1. The van der Waals surface area contributed by atoms with Gasteiger partial charge in [-0.1, -0.05) is 35.3 Å². The van der Waals surface area contributed by atoms with E-state index in [1.165, 1.54) is 4.90 Å². The molecule has 0 radical (unpaired) electrons. The van der Waals surface area contributed by atoms with E-state index in [4.69, 9.17) is 27.9 Å². The first kappa shape index (κ1) is 21.0. The van der Waals surface area contributed by atoms with Crippen molar-refractivity contribution in [1.29, 1.82) is 5.26 Å². The number of benzene rings is 2. The van der Waals surface area contributed by atoms with Gasteiger partial charge in [-0.2, -0.15) is 5.26 Å². The van der Waals surface area contributed by atoms with Gasteiger partial charge in [-0.25, -0.2) is 0 Å². The molecule has 0 spiro atoms. The average Bonchev–Trinajstić information content (AvgIpc) is 3.21. The van der Waals surface area contributed by atoms with Crippen LogP contribution in [0.5, 0.6) is 5.75 Å². The molecule has 3 rings (SSSR count). The Kier molecular flexibility index (Phi) is 6.97. The van der Waals surface area contributed by atoms with E-state index >= 15 is 0 Å². The number of amides is 2. The normalized spacial score (nSPS) is 16.7. The van der Waals surface area contributed by atoms with Crippen molar-refractivity contribution in [3.8, 4) is 11.8 Å². The van der Waals surface area contributed by atoms with Crippen LogP contribution >= 0.6 is 23.2 Å². The number of likely N-dealkylation sites (tertiary alicyclic amines) is 1. The van der Waals surface area contributed by atoms with Crippen LogP contribution < -0.4 is 10.1 Å². The van der Waals surface area contributed by atoms with Gasteiger partial charge in [-0.15, -0.1) is 0 Å². The maximum atomic E-state index is 12.8. The first-order valence-corrected chi connectivity index (χ1v) is 9.87. The van der Waals surface area contributed by atoms with Crippen LogP contribution in [0.1, 0.15) is 24.4 Å². The summed E-state index contributed by atoms with van der Waals surface area (Å²) in [6.07, 6.45) is 1.24. The number of carbonyl (C=O) groups is 2. The second-order valence-electron chi connectivity index (χ2n) is 6.61. The van der Waals surface area contributed by atoms with E-state index in [1.54, 1.807) is 48.5 Å². The lowest BCUT2D eigenvalue weighted by atomic mass is 10.1. The molecule has 0 aromatic heterocycles. The summed E-state index contributed by atoms with van der Waals surface area (Å²) in [5, 5.41) is 13.2. The van der Waals surface area contributed by atoms with Gasteiger partial charge in [0.25, 0.3) is 5.91 Å². The van der Waals surface area contributed by atoms with E-state index in [9.17, 15) is 14.9 Å². The lowest BCUT2D eigenvalue weighted by Gasteiger charge is -2.25. The Labute approximate surface area is 179 Å². The van der Waals surface area contributed by atoms with Gasteiger partial charge in [0.2, 0.25) is 5.91 Å². The Morgan fingerprint density at radius 3 is 2.66 bits per heavy atom. The Morgan fingerprint density at radius 2 is 1.97 bits per heavy atom. The summed E-state index contributed by atoms with van der Waals surface area (Å²) in [6.45, 7) is 0.288. The second kappa shape index (κ2) is 9.64. The number of hydrogen-bond donors (Lipinski definition) is 1. The van der Waals surface area contributed by atoms with Gasteiger partial charge in [-0.3, -0.25) is 9.59 Å². The molecular formula is C21H19Cl2N3O3. The quantitative estimate of drug-likeness (QED) is 0.754. The summed E-state index contributed by atoms with van der Waals surface area (Å²) < 4.78 is 5.50. The minimum Gasteiger partial charge on any atom is -0.484 e. The van der Waals surface area contributed by atoms with Crippen LogP contribution in [0.2, 0.25) is 10.0 Å². The lowest BCUT2D eigenvalue weighted by molar-refractivity contribution is -0.140. The molecule has 6 nitrogen and oxygen atoms in total. The Bertz CT molecular complexity index is 928. The summed E-state index contributed by atoms with van der Waals surface area (Å²) in [5.41, 5.74) is 0.593. The molecule has 2 aromatic carbocycles. The zero-order chi connectivity index (χ0) is 20.8. The van der Waals surface area contributed by atoms with Crippen molar-refractivity contribution in [2.75, 3.05) is 13.2 Å². The Morgan fingerprint density at radius 1 is 1.21 bits per heavy atom. The third kappa shape index (κ3) is 5.41. The number of rotatable bonds is 6. The summed E-state index contributed by atoms with van der Waals surface area (Å²) in [6, 6.07) is 14.0. The highest BCUT2D eigenvalue weighted by Crippen LogP contribution is 2.22. The van der Waals surface area contributed by atoms with E-state index in [1.807, 2.05) is 0 Å². The monoisotopic (exact) mass is 431 g/mol. The Balaban J connectivity index is 1.61. The molecular weight excluding hydrogens is 413 g/mol. The highest BCUT2D eigenvalue weighted by Gasteiger charge is 2.35. The molecule has 2 aromatic rings. The van der Waals surface area contributed by atoms with E-state index in [0.717, 1.165) is 0 Å². The molecule has 1 aliphatic rings. The predicted octanol–water partition coefficient (Wildman–Crippen LogP) is 3.74. The second-order valence-corrected chi connectivity index (χ2v) is 7.49. The minimum absolute atomic E-state index is 0.179. The van der Waals surface area contributed by atoms with Gasteiger partial charge in [0.1, 0.15) is 17.8 Å². The van der Waals surface area contributed by atoms with Crippen LogP contribution in [0.15, 0.2) is 48.5 Å². The fourth-order valence-electron chi connectivity index (χ4n) is 3.21. The molecule has 2 atom stereocenters. The van der Waals surface area contributed by atoms with Crippen LogP contribution in [0, 0.1) is 11.3 Å². The summed E-state index contributed by atoms with van der Waals surface area (Å²) in [4.78, 5) is 26.8. The van der Waals surface area contributed by atoms with Gasteiger partial charge < -0.3 is 15.0 Å². The molecule has 1 fully saturated rings. The molecule has 1 heterocycles. The van der Waals surface area contributed by atoms with E-state index < -0.39 is 12.1 Å². The molecule has 29 heavy (non-hydrogen) atoms. The van der Waals surface area contributed by atoms with Gasteiger partial charge >= 0.3 is 0 Å². The molecule has 1 N–H and O–H groups in total. The molecule has 1 unspecified atom stereocenters. The number of halogens is 2. The first-order valence-electron chi connectivity index (χ1n) is 9.11. The molecule has 8 heteroatoms. The number of carbonyl (C=O) groups excluding carboxylic acids is 2. The van der Waals surface area contributed by atoms with E-state index in [-0.39, 0.29) is 18.4 Å². The Hall–Kier alpha value is -2.75. The standard InChI is InChI=1S/C21H19Cl2N3O3/c22-15-6-8-17(9-7-15)29-13-20(27)26-10-2-5-19(26)21(28)25-18(12-24)14-3-1-4-16(23)11-14/h1,3-4,6-9,11,18-19H,2,5,10,13H2,(H,25,28)/t18?,19-/m0/s1.